The van der Waals surface area contributed by atoms with E-state index in [4.69, 9.17) is 16.7 Å². The molecule has 0 bridgehead atoms. The number of nitrogens with zero attached hydrogens (tertiary/aromatic N) is 3. The Bertz CT molecular complexity index is 1240. The third-order valence-electron chi connectivity index (χ3n) is 5.22. The summed E-state index contributed by atoms with van der Waals surface area (Å²) in [6, 6.07) is 15.5. The molecule has 0 amide bonds. The van der Waals surface area contributed by atoms with Crippen LogP contribution in [0.5, 0.6) is 0 Å². The summed E-state index contributed by atoms with van der Waals surface area (Å²) in [6.45, 7) is 0.579. The van der Waals surface area contributed by atoms with Crippen LogP contribution in [0, 0.1) is 5.82 Å². The Hall–Kier alpha value is -3.35. The van der Waals surface area contributed by atoms with Crippen LogP contribution in [0.15, 0.2) is 67.0 Å². The van der Waals surface area contributed by atoms with Crippen LogP contribution in [0.2, 0.25) is 5.02 Å². The Morgan fingerprint density at radius 3 is 2.83 bits per heavy atom. The zero-order valence-electron chi connectivity index (χ0n) is 15.7. The van der Waals surface area contributed by atoms with E-state index in [0.717, 1.165) is 34.4 Å². The minimum Gasteiger partial charge on any atom is -0.301 e. The van der Waals surface area contributed by atoms with Gasteiger partial charge in [0.05, 0.1) is 29.3 Å². The van der Waals surface area contributed by atoms with Crippen molar-refractivity contribution in [2.24, 2.45) is 0 Å². The smallest absolute Gasteiger partial charge is 0.141 e. The molecule has 0 spiro atoms. The first-order valence-electron chi connectivity index (χ1n) is 9.42. The van der Waals surface area contributed by atoms with E-state index in [1.165, 1.54) is 12.1 Å². The Balaban J connectivity index is 1.72. The molecule has 2 aromatic heterocycles. The molecule has 30 heavy (non-hydrogen) atoms. The molecule has 1 atom stereocenters. The summed E-state index contributed by atoms with van der Waals surface area (Å²) in [7, 11) is 0. The van der Waals surface area contributed by atoms with Crippen molar-refractivity contribution in [1.29, 1.82) is 0 Å². The number of halogens is 2. The maximum Gasteiger partial charge on any atom is 0.141 e. The molecule has 0 fully saturated rings. The predicted octanol–water partition coefficient (Wildman–Crippen LogP) is 4.74. The molecule has 148 valence electrons. The van der Waals surface area contributed by atoms with Gasteiger partial charge in [-0.05, 0) is 47.5 Å². The van der Waals surface area contributed by atoms with Crippen molar-refractivity contribution in [2.75, 3.05) is 0 Å². The maximum atomic E-state index is 14.1. The summed E-state index contributed by atoms with van der Waals surface area (Å²) in [4.78, 5) is 15.6. The van der Waals surface area contributed by atoms with Gasteiger partial charge in [0.1, 0.15) is 12.1 Å². The minimum absolute atomic E-state index is 0.309. The lowest BCUT2D eigenvalue weighted by molar-refractivity contribution is -0.109. The molecule has 0 saturated heterocycles. The van der Waals surface area contributed by atoms with E-state index < -0.39 is 5.82 Å². The number of hydrogen-bond donors (Lipinski definition) is 1. The van der Waals surface area contributed by atoms with Crippen LogP contribution >= 0.6 is 11.6 Å². The first-order chi connectivity index (χ1) is 14.6. The molecule has 5 nitrogen and oxygen atoms in total. The van der Waals surface area contributed by atoms with E-state index in [1.54, 1.807) is 23.1 Å². The normalized spacial score (nSPS) is 15.2. The SMILES string of the molecule is O=CC1NCc2c(-c3cc(-c4cc(F)cc(Cl)c4)n(-c4cccnc4)n3)cccc21. The van der Waals surface area contributed by atoms with Crippen molar-refractivity contribution in [3.8, 4) is 28.2 Å². The number of rotatable bonds is 4. The molecule has 1 aliphatic heterocycles. The first kappa shape index (κ1) is 18.7. The second-order valence-corrected chi connectivity index (χ2v) is 7.50. The van der Waals surface area contributed by atoms with Crippen LogP contribution in [-0.2, 0) is 11.3 Å². The lowest BCUT2D eigenvalue weighted by Gasteiger charge is -2.08. The molecule has 1 unspecified atom stereocenters. The number of fused-ring (bicyclic) bond motifs is 1. The average Bonchev–Trinajstić information content (AvgIpc) is 3.38. The van der Waals surface area contributed by atoms with Crippen LogP contribution < -0.4 is 5.32 Å². The standard InChI is InChI=1S/C23H16ClFN4O/c24-15-7-14(8-16(25)9-15)23-10-21(28-29(23)17-3-2-6-26-11-17)18-4-1-5-19-20(18)12-27-22(19)13-30/h1-11,13,22,27H,12H2. The van der Waals surface area contributed by atoms with E-state index in [-0.39, 0.29) is 6.04 Å². The Labute approximate surface area is 177 Å². The molecule has 1 aliphatic rings. The molecule has 0 radical (unpaired) electrons. The Kier molecular flexibility index (Phi) is 4.65. The number of hydrogen-bond acceptors (Lipinski definition) is 4. The second-order valence-electron chi connectivity index (χ2n) is 7.06. The number of aromatic nitrogens is 3. The molecule has 4 aromatic rings. The van der Waals surface area contributed by atoms with Gasteiger partial charge in [0.15, 0.2) is 0 Å². The molecule has 7 heteroatoms. The monoisotopic (exact) mass is 418 g/mol. The molecular weight excluding hydrogens is 403 g/mol. The quantitative estimate of drug-likeness (QED) is 0.486. The van der Waals surface area contributed by atoms with Crippen LogP contribution in [0.1, 0.15) is 17.2 Å². The highest BCUT2D eigenvalue weighted by molar-refractivity contribution is 6.30. The van der Waals surface area contributed by atoms with Crippen molar-refractivity contribution in [2.45, 2.75) is 12.6 Å². The first-order valence-corrected chi connectivity index (χ1v) is 9.79. The summed E-state index contributed by atoms with van der Waals surface area (Å²) in [5.74, 6) is -0.420. The van der Waals surface area contributed by atoms with Crippen molar-refractivity contribution >= 4 is 17.9 Å². The largest absolute Gasteiger partial charge is 0.301 e. The van der Waals surface area contributed by atoms with Crippen molar-refractivity contribution in [3.05, 3.63) is 89.0 Å². The number of carbonyl (C=O) groups is 1. The third kappa shape index (κ3) is 3.20. The van der Waals surface area contributed by atoms with Gasteiger partial charge in [-0.3, -0.25) is 10.3 Å². The topological polar surface area (TPSA) is 59.8 Å². The summed E-state index contributed by atoms with van der Waals surface area (Å²) in [5.41, 5.74) is 5.68. The van der Waals surface area contributed by atoms with Crippen LogP contribution in [0.25, 0.3) is 28.2 Å². The fourth-order valence-corrected chi connectivity index (χ4v) is 4.09. The summed E-state index contributed by atoms with van der Waals surface area (Å²) >= 11 is 6.11. The van der Waals surface area contributed by atoms with E-state index in [0.29, 0.717) is 22.8 Å². The van der Waals surface area contributed by atoms with Crippen LogP contribution in [0.4, 0.5) is 4.39 Å². The van der Waals surface area contributed by atoms with Gasteiger partial charge in [-0.15, -0.1) is 0 Å². The zero-order valence-corrected chi connectivity index (χ0v) is 16.5. The van der Waals surface area contributed by atoms with Gasteiger partial charge in [0, 0.05) is 28.9 Å². The zero-order chi connectivity index (χ0) is 20.7. The van der Waals surface area contributed by atoms with Gasteiger partial charge in [-0.2, -0.15) is 5.10 Å². The van der Waals surface area contributed by atoms with Gasteiger partial charge >= 0.3 is 0 Å². The maximum absolute atomic E-state index is 14.1. The van der Waals surface area contributed by atoms with E-state index in [2.05, 4.69) is 10.3 Å². The number of carbonyl (C=O) groups excluding carboxylic acids is 1. The van der Waals surface area contributed by atoms with Crippen molar-refractivity contribution in [3.63, 3.8) is 0 Å². The van der Waals surface area contributed by atoms with Crippen LogP contribution in [0.3, 0.4) is 0 Å². The number of benzene rings is 2. The lowest BCUT2D eigenvalue weighted by atomic mass is 9.98. The molecular formula is C23H16ClFN4O. The van der Waals surface area contributed by atoms with E-state index >= 15 is 0 Å². The van der Waals surface area contributed by atoms with Gasteiger partial charge in [0.2, 0.25) is 0 Å². The highest BCUT2D eigenvalue weighted by atomic mass is 35.5. The summed E-state index contributed by atoms with van der Waals surface area (Å²) in [6.07, 6.45) is 4.28. The molecule has 2 aromatic carbocycles. The number of nitrogens with one attached hydrogen (secondary N) is 1. The highest BCUT2D eigenvalue weighted by Gasteiger charge is 2.25. The predicted molar refractivity (Wildman–Crippen MR) is 113 cm³/mol. The molecule has 5 rings (SSSR count). The average molecular weight is 419 g/mol. The van der Waals surface area contributed by atoms with E-state index in [9.17, 15) is 9.18 Å². The second kappa shape index (κ2) is 7.48. The Morgan fingerprint density at radius 2 is 2.07 bits per heavy atom. The molecule has 0 saturated carbocycles. The summed E-state index contributed by atoms with van der Waals surface area (Å²) < 4.78 is 15.8. The van der Waals surface area contributed by atoms with Gasteiger partial charge in [0.25, 0.3) is 0 Å². The van der Waals surface area contributed by atoms with Gasteiger partial charge in [-0.25, -0.2) is 9.07 Å². The van der Waals surface area contributed by atoms with Crippen LogP contribution in [-0.4, -0.2) is 21.1 Å². The fraction of sp³-hybridized carbons (Fsp3) is 0.0870. The minimum atomic E-state index is -0.420. The summed E-state index contributed by atoms with van der Waals surface area (Å²) in [5, 5.41) is 8.32. The Morgan fingerprint density at radius 1 is 1.17 bits per heavy atom. The fourth-order valence-electron chi connectivity index (χ4n) is 3.87. The number of pyridine rings is 1. The molecule has 1 N–H and O–H groups in total. The highest BCUT2D eigenvalue weighted by Crippen LogP contribution is 2.36. The third-order valence-corrected chi connectivity index (χ3v) is 5.43. The van der Waals surface area contributed by atoms with Gasteiger partial charge in [-0.1, -0.05) is 29.8 Å². The number of aldehydes is 1. The van der Waals surface area contributed by atoms with E-state index in [1.807, 2.05) is 36.4 Å². The van der Waals surface area contributed by atoms with Crippen molar-refractivity contribution in [1.82, 2.24) is 20.1 Å². The lowest BCUT2D eigenvalue weighted by Crippen LogP contribution is -2.12. The van der Waals surface area contributed by atoms with Crippen molar-refractivity contribution < 1.29 is 9.18 Å². The van der Waals surface area contributed by atoms with Gasteiger partial charge < -0.3 is 4.79 Å². The molecule has 3 heterocycles. The molecule has 0 aliphatic carbocycles.